The molecule has 0 atom stereocenters. The summed E-state index contributed by atoms with van der Waals surface area (Å²) in [5.74, 6) is 1.91. The Balaban J connectivity index is 1.57. The lowest BCUT2D eigenvalue weighted by Crippen LogP contribution is -1.97. The average Bonchev–Trinajstić information content (AvgIpc) is 2.53. The van der Waals surface area contributed by atoms with E-state index in [0.29, 0.717) is 4.61 Å². The van der Waals surface area contributed by atoms with Crippen molar-refractivity contribution in [3.8, 4) is 11.5 Å². The van der Waals surface area contributed by atoms with E-state index in [-0.39, 0.29) is 0 Å². The van der Waals surface area contributed by atoms with Crippen LogP contribution in [0.25, 0.3) is 0 Å². The van der Waals surface area contributed by atoms with E-state index in [1.807, 2.05) is 42.5 Å². The summed E-state index contributed by atoms with van der Waals surface area (Å²) in [6, 6.07) is 18.4. The van der Waals surface area contributed by atoms with E-state index in [4.69, 9.17) is 9.47 Å². The van der Waals surface area contributed by atoms with Crippen LogP contribution in [0.4, 0.5) is 0 Å². The van der Waals surface area contributed by atoms with Crippen molar-refractivity contribution < 1.29 is 9.47 Å². The molecule has 0 fully saturated rings. The first-order valence-electron chi connectivity index (χ1n) is 7.34. The maximum Gasteiger partial charge on any atom is 0.139 e. The summed E-state index contributed by atoms with van der Waals surface area (Å²) in [5, 5.41) is 0. The molecule has 0 heterocycles. The molecule has 112 valence electrons. The topological polar surface area (TPSA) is 18.5 Å². The lowest BCUT2D eigenvalue weighted by molar-refractivity contribution is 0.305. The van der Waals surface area contributed by atoms with Crippen LogP contribution in [0.5, 0.6) is 11.5 Å². The molecule has 0 aromatic heterocycles. The molecule has 3 heteroatoms. The highest BCUT2D eigenvalue weighted by Gasteiger charge is 1.97. The summed E-state index contributed by atoms with van der Waals surface area (Å²) in [5.41, 5.74) is 1.37. The van der Waals surface area contributed by atoms with Gasteiger partial charge in [-0.1, -0.05) is 30.3 Å². The summed E-state index contributed by atoms with van der Waals surface area (Å²) in [4.78, 5) is 0. The van der Waals surface area contributed by atoms with E-state index in [0.717, 1.165) is 30.9 Å². The van der Waals surface area contributed by atoms with Crippen LogP contribution < -0.4 is 9.47 Å². The molecule has 2 rings (SSSR count). The minimum absolute atomic E-state index is 0.693. The van der Waals surface area contributed by atoms with Crippen LogP contribution in [-0.4, -0.2) is 11.2 Å². The number of alkyl halides is 1. The standard InChI is InChI=1S/C18H21IO2/c19-15-21-18-12-10-16(11-13-18)7-3-2-6-14-20-17-8-4-1-5-9-17/h1,4-5,8-13H,2-3,6-7,14-15H2. The van der Waals surface area contributed by atoms with Crippen LogP contribution in [0, 0.1) is 0 Å². The molecule has 0 aliphatic heterocycles. The number of unbranched alkanes of at least 4 members (excludes halogenated alkanes) is 2. The third kappa shape index (κ3) is 6.38. The Morgan fingerprint density at radius 1 is 0.714 bits per heavy atom. The van der Waals surface area contributed by atoms with Crippen molar-refractivity contribution >= 4 is 22.6 Å². The van der Waals surface area contributed by atoms with Crippen molar-refractivity contribution in [3.63, 3.8) is 0 Å². The van der Waals surface area contributed by atoms with E-state index in [1.54, 1.807) is 0 Å². The fraction of sp³-hybridized carbons (Fsp3) is 0.333. The molecule has 0 amide bonds. The van der Waals surface area contributed by atoms with Gasteiger partial charge in [0.15, 0.2) is 0 Å². The van der Waals surface area contributed by atoms with Crippen LogP contribution in [-0.2, 0) is 6.42 Å². The largest absolute Gasteiger partial charge is 0.494 e. The van der Waals surface area contributed by atoms with Gasteiger partial charge in [0.2, 0.25) is 0 Å². The molecule has 0 saturated carbocycles. The molecule has 0 unspecified atom stereocenters. The molecule has 2 aromatic rings. The van der Waals surface area contributed by atoms with E-state index in [2.05, 4.69) is 34.7 Å². The fourth-order valence-electron chi connectivity index (χ4n) is 2.13. The van der Waals surface area contributed by atoms with Gasteiger partial charge in [-0.15, -0.1) is 0 Å². The number of para-hydroxylation sites is 1. The normalized spacial score (nSPS) is 10.3. The molecule has 0 spiro atoms. The van der Waals surface area contributed by atoms with Crippen LogP contribution in [0.2, 0.25) is 0 Å². The zero-order valence-electron chi connectivity index (χ0n) is 12.1. The zero-order chi connectivity index (χ0) is 14.8. The highest BCUT2D eigenvalue weighted by atomic mass is 127. The first-order chi connectivity index (χ1) is 10.4. The number of rotatable bonds is 9. The third-order valence-electron chi connectivity index (χ3n) is 3.27. The summed E-state index contributed by atoms with van der Waals surface area (Å²) in [6.07, 6.45) is 4.62. The van der Waals surface area contributed by atoms with Gasteiger partial charge in [-0.25, -0.2) is 0 Å². The second-order valence-corrected chi connectivity index (χ2v) is 5.49. The Bertz CT molecular complexity index is 496. The van der Waals surface area contributed by atoms with E-state index < -0.39 is 0 Å². The number of halogens is 1. The van der Waals surface area contributed by atoms with E-state index in [9.17, 15) is 0 Å². The third-order valence-corrected chi connectivity index (χ3v) is 3.58. The van der Waals surface area contributed by atoms with Crippen LogP contribution >= 0.6 is 22.6 Å². The number of aryl methyl sites for hydroxylation is 1. The van der Waals surface area contributed by atoms with Crippen molar-refractivity contribution in [2.75, 3.05) is 11.2 Å². The molecular formula is C18H21IO2. The second-order valence-electron chi connectivity index (χ2n) is 4.87. The molecule has 0 radical (unpaired) electrons. The van der Waals surface area contributed by atoms with E-state index >= 15 is 0 Å². The fourth-order valence-corrected chi connectivity index (χ4v) is 2.49. The van der Waals surface area contributed by atoms with Crippen molar-refractivity contribution in [2.24, 2.45) is 0 Å². The van der Waals surface area contributed by atoms with Crippen LogP contribution in [0.1, 0.15) is 24.8 Å². The van der Waals surface area contributed by atoms with Crippen molar-refractivity contribution in [3.05, 3.63) is 60.2 Å². The molecular weight excluding hydrogens is 375 g/mol. The first-order valence-corrected chi connectivity index (χ1v) is 8.86. The molecule has 2 nitrogen and oxygen atoms in total. The molecule has 0 saturated heterocycles. The van der Waals surface area contributed by atoms with Crippen LogP contribution in [0.15, 0.2) is 54.6 Å². The minimum atomic E-state index is 0.693. The molecule has 0 N–H and O–H groups in total. The summed E-state index contributed by atoms with van der Waals surface area (Å²) in [7, 11) is 0. The van der Waals surface area contributed by atoms with Gasteiger partial charge in [0, 0.05) is 0 Å². The lowest BCUT2D eigenvalue weighted by Gasteiger charge is -2.06. The highest BCUT2D eigenvalue weighted by Crippen LogP contribution is 2.15. The zero-order valence-corrected chi connectivity index (χ0v) is 14.3. The van der Waals surface area contributed by atoms with E-state index in [1.165, 1.54) is 18.4 Å². The Kier molecular flexibility index (Phi) is 7.43. The predicted octanol–water partition coefficient (Wildman–Crippen LogP) is 5.25. The van der Waals surface area contributed by atoms with Gasteiger partial charge in [-0.2, -0.15) is 0 Å². The summed E-state index contributed by atoms with van der Waals surface area (Å²) in [6.45, 7) is 0.798. The lowest BCUT2D eigenvalue weighted by atomic mass is 10.1. The Labute approximate surface area is 140 Å². The van der Waals surface area contributed by atoms with Crippen molar-refractivity contribution in [1.82, 2.24) is 0 Å². The van der Waals surface area contributed by atoms with Gasteiger partial charge in [-0.05, 0) is 78.1 Å². The number of hydrogen-bond donors (Lipinski definition) is 0. The Hall–Kier alpha value is -1.23. The molecule has 21 heavy (non-hydrogen) atoms. The highest BCUT2D eigenvalue weighted by molar-refractivity contribution is 14.1. The second kappa shape index (κ2) is 9.66. The number of hydrogen-bond acceptors (Lipinski definition) is 2. The van der Waals surface area contributed by atoms with Gasteiger partial charge >= 0.3 is 0 Å². The van der Waals surface area contributed by atoms with Gasteiger partial charge in [0.25, 0.3) is 0 Å². The Morgan fingerprint density at radius 2 is 1.43 bits per heavy atom. The number of ether oxygens (including phenoxy) is 2. The molecule has 0 aliphatic carbocycles. The quantitative estimate of drug-likeness (QED) is 0.328. The van der Waals surface area contributed by atoms with Gasteiger partial charge in [0.1, 0.15) is 16.1 Å². The summed E-state index contributed by atoms with van der Waals surface area (Å²) >= 11 is 2.21. The Morgan fingerprint density at radius 3 is 2.14 bits per heavy atom. The maximum absolute atomic E-state index is 5.68. The smallest absolute Gasteiger partial charge is 0.139 e. The van der Waals surface area contributed by atoms with Gasteiger partial charge in [0.05, 0.1) is 6.61 Å². The molecule has 0 aliphatic rings. The van der Waals surface area contributed by atoms with Crippen molar-refractivity contribution in [2.45, 2.75) is 25.7 Å². The van der Waals surface area contributed by atoms with Crippen LogP contribution in [0.3, 0.4) is 0 Å². The van der Waals surface area contributed by atoms with Crippen molar-refractivity contribution in [1.29, 1.82) is 0 Å². The van der Waals surface area contributed by atoms with Gasteiger partial charge in [-0.3, -0.25) is 0 Å². The number of benzene rings is 2. The first kappa shape index (κ1) is 16.1. The van der Waals surface area contributed by atoms with Gasteiger partial charge < -0.3 is 9.47 Å². The SMILES string of the molecule is ICOc1ccc(CCCCCOc2ccccc2)cc1. The monoisotopic (exact) mass is 396 g/mol. The average molecular weight is 396 g/mol. The predicted molar refractivity (Wildman–Crippen MR) is 95.4 cm³/mol. The minimum Gasteiger partial charge on any atom is -0.494 e. The summed E-state index contributed by atoms with van der Waals surface area (Å²) < 4.78 is 11.8. The molecule has 2 aromatic carbocycles. The molecule has 0 bridgehead atoms. The maximum atomic E-state index is 5.68.